The smallest absolute Gasteiger partial charge is 0.350 e. The number of carbonyl (C=O) groups is 1. The van der Waals surface area contributed by atoms with Crippen molar-refractivity contribution >= 4 is 46.0 Å². The third-order valence-corrected chi connectivity index (χ3v) is 6.62. The van der Waals surface area contributed by atoms with E-state index in [-0.39, 0.29) is 11.6 Å². The highest BCUT2D eigenvalue weighted by Gasteiger charge is 2.18. The number of carbonyl (C=O) groups excluding carboxylic acids is 1. The fourth-order valence-corrected chi connectivity index (χ4v) is 4.48. The molecule has 1 fully saturated rings. The van der Waals surface area contributed by atoms with Gasteiger partial charge in [0.1, 0.15) is 16.5 Å². The minimum absolute atomic E-state index is 0.00842. The lowest BCUT2D eigenvalue weighted by Crippen LogP contribution is -2.38. The number of rotatable bonds is 6. The normalized spacial score (nSPS) is 15.0. The molecule has 0 aliphatic carbocycles. The van der Waals surface area contributed by atoms with Gasteiger partial charge in [-0.15, -0.1) is 0 Å². The van der Waals surface area contributed by atoms with Gasteiger partial charge in [0.15, 0.2) is 4.96 Å². The molecule has 3 aromatic rings. The summed E-state index contributed by atoms with van der Waals surface area (Å²) in [6.45, 7) is 8.01. The molecule has 0 N–H and O–H groups in total. The van der Waals surface area contributed by atoms with E-state index < -0.39 is 11.5 Å². The number of fused-ring (bicyclic) bond motifs is 1. The fraction of sp³-hybridized carbons (Fsp3) is 0.348. The third kappa shape index (κ3) is 5.10. The van der Waals surface area contributed by atoms with E-state index in [1.54, 1.807) is 6.08 Å². The number of thiazole rings is 1. The molecular formula is C23H24ClN3O4S. The van der Waals surface area contributed by atoms with Gasteiger partial charge in [0.25, 0.3) is 5.56 Å². The van der Waals surface area contributed by atoms with Gasteiger partial charge >= 0.3 is 5.97 Å². The van der Waals surface area contributed by atoms with Gasteiger partial charge in [-0.3, -0.25) is 14.1 Å². The van der Waals surface area contributed by atoms with Crippen LogP contribution in [-0.2, 0) is 9.47 Å². The lowest BCUT2D eigenvalue weighted by atomic mass is 10.1. The number of morpholine rings is 1. The van der Waals surface area contributed by atoms with Gasteiger partial charge in [-0.05, 0) is 31.1 Å². The Morgan fingerprint density at radius 1 is 1.28 bits per heavy atom. The van der Waals surface area contributed by atoms with Crippen molar-refractivity contribution in [3.8, 4) is 0 Å². The molecule has 9 heteroatoms. The van der Waals surface area contributed by atoms with Crippen LogP contribution in [0.25, 0.3) is 17.1 Å². The van der Waals surface area contributed by atoms with Crippen LogP contribution in [0.2, 0.25) is 5.02 Å². The lowest BCUT2D eigenvalue weighted by molar-refractivity contribution is 0.0197. The van der Waals surface area contributed by atoms with Crippen LogP contribution in [0.3, 0.4) is 0 Å². The lowest BCUT2D eigenvalue weighted by Gasteiger charge is -2.26. The molecule has 0 radical (unpaired) electrons. The number of nitrogens with zero attached hydrogens (tertiary/aromatic N) is 3. The molecule has 1 aromatic carbocycles. The maximum atomic E-state index is 12.7. The second kappa shape index (κ2) is 9.95. The van der Waals surface area contributed by atoms with E-state index in [0.29, 0.717) is 35.3 Å². The van der Waals surface area contributed by atoms with Crippen molar-refractivity contribution < 1.29 is 14.3 Å². The second-order valence-corrected chi connectivity index (χ2v) is 9.03. The van der Waals surface area contributed by atoms with Gasteiger partial charge in [0.2, 0.25) is 0 Å². The van der Waals surface area contributed by atoms with Crippen LogP contribution in [0.4, 0.5) is 0 Å². The molecule has 1 aliphatic rings. The predicted octanol–water partition coefficient (Wildman–Crippen LogP) is 3.69. The zero-order valence-corrected chi connectivity index (χ0v) is 19.5. The van der Waals surface area contributed by atoms with Gasteiger partial charge in [0.05, 0.1) is 18.9 Å². The van der Waals surface area contributed by atoms with Crippen LogP contribution in [0.15, 0.2) is 29.2 Å². The maximum Gasteiger partial charge on any atom is 0.350 e. The Kier molecular flexibility index (Phi) is 7.05. The number of hydrogen-bond acceptors (Lipinski definition) is 7. The molecule has 32 heavy (non-hydrogen) atoms. The Balaban J connectivity index is 1.51. The van der Waals surface area contributed by atoms with E-state index in [9.17, 15) is 9.59 Å². The second-order valence-electron chi connectivity index (χ2n) is 7.65. The molecule has 0 atom stereocenters. The van der Waals surface area contributed by atoms with Crippen molar-refractivity contribution in [2.45, 2.75) is 13.8 Å². The number of aromatic nitrogens is 2. The monoisotopic (exact) mass is 473 g/mol. The highest BCUT2D eigenvalue weighted by Crippen LogP contribution is 2.21. The van der Waals surface area contributed by atoms with Crippen molar-refractivity contribution in [1.29, 1.82) is 0 Å². The van der Waals surface area contributed by atoms with Gasteiger partial charge in [-0.1, -0.05) is 52.8 Å². The van der Waals surface area contributed by atoms with Crippen molar-refractivity contribution in [1.82, 2.24) is 14.3 Å². The summed E-state index contributed by atoms with van der Waals surface area (Å²) in [7, 11) is 0. The Hall–Kier alpha value is -2.52. The molecule has 0 bridgehead atoms. The summed E-state index contributed by atoms with van der Waals surface area (Å²) in [6.07, 6.45) is 5.06. The first-order valence-electron chi connectivity index (χ1n) is 10.4. The summed E-state index contributed by atoms with van der Waals surface area (Å²) >= 11 is 7.40. The van der Waals surface area contributed by atoms with Crippen LogP contribution in [0.5, 0.6) is 0 Å². The highest BCUT2D eigenvalue weighted by molar-refractivity contribution is 7.18. The van der Waals surface area contributed by atoms with Crippen LogP contribution in [0.1, 0.15) is 32.1 Å². The number of halogens is 1. The zero-order chi connectivity index (χ0) is 22.7. The number of hydrogen-bond donors (Lipinski definition) is 0. The molecule has 0 spiro atoms. The van der Waals surface area contributed by atoms with E-state index in [1.807, 2.05) is 32.1 Å². The largest absolute Gasteiger partial charge is 0.460 e. The standard InChI is InChI=1S/C23H24ClN3O4S/c1-15-3-4-16(2)17(13-15)5-6-18-20(24)21(28)27-14-19(32-23(27)25-18)22(29)31-12-9-26-7-10-30-11-8-26/h3-6,13-14H,7-12H2,1-2H3. The average Bonchev–Trinajstić information content (AvgIpc) is 3.22. The predicted molar refractivity (Wildman–Crippen MR) is 127 cm³/mol. The number of benzene rings is 1. The molecule has 0 saturated carbocycles. The molecule has 7 nitrogen and oxygen atoms in total. The van der Waals surface area contributed by atoms with Crippen molar-refractivity contribution in [3.05, 3.63) is 67.0 Å². The summed E-state index contributed by atoms with van der Waals surface area (Å²) in [6, 6.07) is 6.14. The van der Waals surface area contributed by atoms with E-state index in [2.05, 4.69) is 16.0 Å². The summed E-state index contributed by atoms with van der Waals surface area (Å²) in [5, 5.41) is 0.00842. The quantitative estimate of drug-likeness (QED) is 0.508. The van der Waals surface area contributed by atoms with E-state index >= 15 is 0 Å². The molecular weight excluding hydrogens is 450 g/mol. The summed E-state index contributed by atoms with van der Waals surface area (Å²) < 4.78 is 12.0. The molecule has 1 aliphatic heterocycles. The SMILES string of the molecule is Cc1ccc(C)c(C=Cc2nc3sc(C(=O)OCCN4CCOCC4)cn3c(=O)c2Cl)c1. The Morgan fingerprint density at radius 2 is 2.06 bits per heavy atom. The van der Waals surface area contributed by atoms with Crippen LogP contribution in [0, 0.1) is 13.8 Å². The molecule has 168 valence electrons. The maximum absolute atomic E-state index is 12.7. The van der Waals surface area contributed by atoms with Crippen molar-refractivity contribution in [2.24, 2.45) is 0 Å². The Bertz CT molecular complexity index is 1230. The summed E-state index contributed by atoms with van der Waals surface area (Å²) in [4.78, 5) is 32.6. The van der Waals surface area contributed by atoms with Crippen molar-refractivity contribution in [2.75, 3.05) is 39.5 Å². The first-order chi connectivity index (χ1) is 15.4. The first-order valence-corrected chi connectivity index (χ1v) is 11.6. The van der Waals surface area contributed by atoms with Crippen LogP contribution in [-0.4, -0.2) is 59.7 Å². The summed E-state index contributed by atoms with van der Waals surface area (Å²) in [5.74, 6) is -0.475. The summed E-state index contributed by atoms with van der Waals surface area (Å²) in [5.41, 5.74) is 3.23. The molecule has 0 unspecified atom stereocenters. The Labute approximate surface area is 194 Å². The minimum Gasteiger partial charge on any atom is -0.460 e. The number of aryl methyl sites for hydroxylation is 2. The van der Waals surface area contributed by atoms with Gasteiger partial charge in [-0.25, -0.2) is 9.78 Å². The molecule has 1 saturated heterocycles. The van der Waals surface area contributed by atoms with E-state index in [1.165, 1.54) is 10.6 Å². The van der Waals surface area contributed by atoms with Gasteiger partial charge in [-0.2, -0.15) is 0 Å². The van der Waals surface area contributed by atoms with E-state index in [4.69, 9.17) is 21.1 Å². The molecule has 3 heterocycles. The van der Waals surface area contributed by atoms with Gasteiger partial charge in [0, 0.05) is 25.8 Å². The first kappa shape index (κ1) is 22.7. The van der Waals surface area contributed by atoms with Crippen LogP contribution < -0.4 is 5.56 Å². The number of ether oxygens (including phenoxy) is 2. The highest BCUT2D eigenvalue weighted by atomic mass is 35.5. The van der Waals surface area contributed by atoms with Crippen molar-refractivity contribution in [3.63, 3.8) is 0 Å². The topological polar surface area (TPSA) is 73.1 Å². The Morgan fingerprint density at radius 3 is 2.84 bits per heavy atom. The average molecular weight is 474 g/mol. The third-order valence-electron chi connectivity index (χ3n) is 5.30. The molecule has 4 rings (SSSR count). The van der Waals surface area contributed by atoms with Crippen LogP contribution >= 0.6 is 22.9 Å². The molecule has 0 amide bonds. The minimum atomic E-state index is -0.475. The van der Waals surface area contributed by atoms with Gasteiger partial charge < -0.3 is 9.47 Å². The fourth-order valence-electron chi connectivity index (χ4n) is 3.41. The zero-order valence-electron chi connectivity index (χ0n) is 18.0. The van der Waals surface area contributed by atoms with E-state index in [0.717, 1.165) is 41.1 Å². The number of esters is 1. The molecule has 2 aromatic heterocycles.